The predicted octanol–water partition coefficient (Wildman–Crippen LogP) is 2.76. The first-order chi connectivity index (χ1) is 8.35. The highest BCUT2D eigenvalue weighted by molar-refractivity contribution is 5.31. The van der Waals surface area contributed by atoms with Crippen molar-refractivity contribution >= 4 is 0 Å². The number of ether oxygens (including phenoxy) is 1. The first-order valence-electron chi connectivity index (χ1n) is 6.05. The van der Waals surface area contributed by atoms with Crippen molar-refractivity contribution < 1.29 is 13.5 Å². The number of aryl methyl sites for hydroxylation is 1. The standard InChI is InChI=1S/C13H18F2N2O/c1-9-7-10(8-11(17-9)18-2)12(16)3-5-13(14,15)6-4-12/h7-8H,3-6,16H2,1-2H3. The molecule has 3 nitrogen and oxygen atoms in total. The van der Waals surface area contributed by atoms with Crippen LogP contribution < -0.4 is 10.5 Å². The minimum absolute atomic E-state index is 0.160. The van der Waals surface area contributed by atoms with Gasteiger partial charge in [0, 0.05) is 30.1 Å². The average molecular weight is 256 g/mol. The molecular weight excluding hydrogens is 238 g/mol. The van der Waals surface area contributed by atoms with Crippen molar-refractivity contribution in [3.8, 4) is 5.88 Å². The normalized spacial score (nSPS) is 21.6. The minimum atomic E-state index is -2.57. The number of halogens is 2. The van der Waals surface area contributed by atoms with Gasteiger partial charge in [-0.25, -0.2) is 13.8 Å². The summed E-state index contributed by atoms with van der Waals surface area (Å²) in [6.45, 7) is 1.84. The van der Waals surface area contributed by atoms with Gasteiger partial charge in [-0.1, -0.05) is 0 Å². The second kappa shape index (κ2) is 4.46. The molecule has 0 spiro atoms. The van der Waals surface area contributed by atoms with Crippen LogP contribution in [0.5, 0.6) is 5.88 Å². The van der Waals surface area contributed by atoms with Gasteiger partial charge in [-0.05, 0) is 31.4 Å². The molecule has 0 unspecified atom stereocenters. The monoisotopic (exact) mass is 256 g/mol. The van der Waals surface area contributed by atoms with E-state index in [0.717, 1.165) is 11.3 Å². The maximum absolute atomic E-state index is 13.2. The molecule has 0 bridgehead atoms. The van der Waals surface area contributed by atoms with E-state index in [4.69, 9.17) is 10.5 Å². The van der Waals surface area contributed by atoms with Gasteiger partial charge in [-0.3, -0.25) is 0 Å². The topological polar surface area (TPSA) is 48.1 Å². The summed E-state index contributed by atoms with van der Waals surface area (Å²) in [6.07, 6.45) is 0.250. The van der Waals surface area contributed by atoms with Crippen LogP contribution in [0.1, 0.15) is 36.9 Å². The van der Waals surface area contributed by atoms with Crippen LogP contribution in [0, 0.1) is 6.92 Å². The largest absolute Gasteiger partial charge is 0.481 e. The molecule has 18 heavy (non-hydrogen) atoms. The number of nitrogens with zero attached hydrogens (tertiary/aromatic N) is 1. The number of hydrogen-bond acceptors (Lipinski definition) is 3. The van der Waals surface area contributed by atoms with Crippen LogP contribution in [0.2, 0.25) is 0 Å². The van der Waals surface area contributed by atoms with Gasteiger partial charge in [0.25, 0.3) is 0 Å². The Labute approximate surface area is 105 Å². The van der Waals surface area contributed by atoms with E-state index in [1.807, 2.05) is 13.0 Å². The Balaban J connectivity index is 2.28. The molecule has 2 N–H and O–H groups in total. The quantitative estimate of drug-likeness (QED) is 0.885. The SMILES string of the molecule is COc1cc(C2(N)CCC(F)(F)CC2)cc(C)n1. The minimum Gasteiger partial charge on any atom is -0.481 e. The molecule has 0 radical (unpaired) electrons. The van der Waals surface area contributed by atoms with Crippen LogP contribution in [-0.4, -0.2) is 18.0 Å². The lowest BCUT2D eigenvalue weighted by atomic mass is 9.76. The molecule has 1 aromatic rings. The van der Waals surface area contributed by atoms with E-state index < -0.39 is 11.5 Å². The summed E-state index contributed by atoms with van der Waals surface area (Å²) in [5, 5.41) is 0. The average Bonchev–Trinajstić information content (AvgIpc) is 2.32. The second-order valence-electron chi connectivity index (χ2n) is 5.05. The molecule has 0 amide bonds. The highest BCUT2D eigenvalue weighted by Crippen LogP contribution is 2.42. The number of nitrogens with two attached hydrogens (primary N) is 1. The molecule has 1 saturated carbocycles. The summed E-state index contributed by atoms with van der Waals surface area (Å²) in [5.41, 5.74) is 7.20. The lowest BCUT2D eigenvalue weighted by Gasteiger charge is -2.37. The smallest absolute Gasteiger partial charge is 0.248 e. The highest BCUT2D eigenvalue weighted by atomic mass is 19.3. The summed E-state index contributed by atoms with van der Waals surface area (Å²) in [4.78, 5) is 4.18. The van der Waals surface area contributed by atoms with Crippen molar-refractivity contribution in [1.29, 1.82) is 0 Å². The van der Waals surface area contributed by atoms with Crippen LogP contribution in [0.15, 0.2) is 12.1 Å². The summed E-state index contributed by atoms with van der Waals surface area (Å²) in [6, 6.07) is 3.60. The van der Waals surface area contributed by atoms with Gasteiger partial charge in [0.2, 0.25) is 11.8 Å². The molecule has 0 aliphatic heterocycles. The molecular formula is C13H18F2N2O. The van der Waals surface area contributed by atoms with Gasteiger partial charge in [-0.15, -0.1) is 0 Å². The fraction of sp³-hybridized carbons (Fsp3) is 0.615. The van der Waals surface area contributed by atoms with E-state index >= 15 is 0 Å². The van der Waals surface area contributed by atoms with Crippen LogP contribution in [0.4, 0.5) is 8.78 Å². The van der Waals surface area contributed by atoms with Gasteiger partial charge in [0.15, 0.2) is 0 Å². The van der Waals surface area contributed by atoms with Crippen LogP contribution in [-0.2, 0) is 5.54 Å². The Morgan fingerprint density at radius 2 is 1.83 bits per heavy atom. The Kier molecular flexibility index (Phi) is 3.27. The number of rotatable bonds is 2. The molecule has 1 heterocycles. The molecule has 1 fully saturated rings. The van der Waals surface area contributed by atoms with Crippen molar-refractivity contribution in [3.05, 3.63) is 23.4 Å². The third kappa shape index (κ3) is 2.61. The zero-order valence-corrected chi connectivity index (χ0v) is 10.7. The lowest BCUT2D eigenvalue weighted by molar-refractivity contribution is -0.0514. The fourth-order valence-electron chi connectivity index (χ4n) is 2.38. The molecule has 1 aromatic heterocycles. The Morgan fingerprint density at radius 3 is 2.39 bits per heavy atom. The zero-order valence-electron chi connectivity index (χ0n) is 10.7. The van der Waals surface area contributed by atoms with Crippen LogP contribution in [0.25, 0.3) is 0 Å². The molecule has 2 rings (SSSR count). The van der Waals surface area contributed by atoms with Crippen molar-refractivity contribution in [1.82, 2.24) is 4.98 Å². The van der Waals surface area contributed by atoms with Crippen molar-refractivity contribution in [3.63, 3.8) is 0 Å². The summed E-state index contributed by atoms with van der Waals surface area (Å²) in [7, 11) is 1.53. The van der Waals surface area contributed by atoms with E-state index in [-0.39, 0.29) is 25.7 Å². The molecule has 100 valence electrons. The van der Waals surface area contributed by atoms with Crippen molar-refractivity contribution in [2.24, 2.45) is 5.73 Å². The first-order valence-corrected chi connectivity index (χ1v) is 6.05. The molecule has 0 saturated heterocycles. The summed E-state index contributed by atoms with van der Waals surface area (Å²) < 4.78 is 31.5. The lowest BCUT2D eigenvalue weighted by Crippen LogP contribution is -2.43. The van der Waals surface area contributed by atoms with Gasteiger partial charge in [0.1, 0.15) is 0 Å². The van der Waals surface area contributed by atoms with E-state index in [1.165, 1.54) is 7.11 Å². The van der Waals surface area contributed by atoms with Crippen LogP contribution in [0.3, 0.4) is 0 Å². The Morgan fingerprint density at radius 1 is 1.22 bits per heavy atom. The molecule has 0 atom stereocenters. The fourth-order valence-corrected chi connectivity index (χ4v) is 2.38. The van der Waals surface area contributed by atoms with Gasteiger partial charge >= 0.3 is 0 Å². The summed E-state index contributed by atoms with van der Waals surface area (Å²) in [5.74, 6) is -2.10. The predicted molar refractivity (Wildman–Crippen MR) is 64.8 cm³/mol. The van der Waals surface area contributed by atoms with Crippen molar-refractivity contribution in [2.45, 2.75) is 44.1 Å². The zero-order chi connectivity index (χ0) is 13.4. The second-order valence-corrected chi connectivity index (χ2v) is 5.05. The first kappa shape index (κ1) is 13.2. The number of alkyl halides is 2. The maximum Gasteiger partial charge on any atom is 0.248 e. The van der Waals surface area contributed by atoms with E-state index in [2.05, 4.69) is 4.98 Å². The number of hydrogen-bond donors (Lipinski definition) is 1. The van der Waals surface area contributed by atoms with Crippen molar-refractivity contribution in [2.75, 3.05) is 7.11 Å². The van der Waals surface area contributed by atoms with E-state index in [1.54, 1.807) is 6.07 Å². The summed E-state index contributed by atoms with van der Waals surface area (Å²) >= 11 is 0. The van der Waals surface area contributed by atoms with Gasteiger partial charge < -0.3 is 10.5 Å². The Bertz CT molecular complexity index is 439. The molecule has 5 heteroatoms. The number of aromatic nitrogens is 1. The molecule has 1 aliphatic rings. The molecule has 1 aliphatic carbocycles. The third-order valence-electron chi connectivity index (χ3n) is 3.59. The van der Waals surface area contributed by atoms with E-state index in [9.17, 15) is 8.78 Å². The van der Waals surface area contributed by atoms with Crippen LogP contribution >= 0.6 is 0 Å². The maximum atomic E-state index is 13.2. The Hall–Kier alpha value is -1.23. The molecule has 0 aromatic carbocycles. The number of methoxy groups -OCH3 is 1. The van der Waals surface area contributed by atoms with Gasteiger partial charge in [0.05, 0.1) is 7.11 Å². The van der Waals surface area contributed by atoms with Gasteiger partial charge in [-0.2, -0.15) is 0 Å². The number of pyridine rings is 1. The highest BCUT2D eigenvalue weighted by Gasteiger charge is 2.42. The van der Waals surface area contributed by atoms with E-state index in [0.29, 0.717) is 5.88 Å². The third-order valence-corrected chi connectivity index (χ3v) is 3.59.